The number of halogens is 1. The van der Waals surface area contributed by atoms with E-state index >= 15 is 0 Å². The molecule has 0 atom stereocenters. The largest absolute Gasteiger partial charge is 0.349 e. The van der Waals surface area contributed by atoms with Crippen molar-refractivity contribution < 1.29 is 4.39 Å². The standard InChI is InChI=1S/C7H8FN/c1-6-3-4-7(8)5-9(6)2/h3-5H,1H2,2H3. The summed E-state index contributed by atoms with van der Waals surface area (Å²) in [5.41, 5.74) is 0.802. The first kappa shape index (κ1) is 6.08. The smallest absolute Gasteiger partial charge is 0.139 e. The van der Waals surface area contributed by atoms with Crippen molar-refractivity contribution in [3.05, 3.63) is 36.5 Å². The van der Waals surface area contributed by atoms with Gasteiger partial charge in [-0.1, -0.05) is 6.58 Å². The van der Waals surface area contributed by atoms with Gasteiger partial charge in [0.1, 0.15) is 5.83 Å². The van der Waals surface area contributed by atoms with Gasteiger partial charge in [-0.2, -0.15) is 0 Å². The van der Waals surface area contributed by atoms with Gasteiger partial charge in [-0.25, -0.2) is 4.39 Å². The summed E-state index contributed by atoms with van der Waals surface area (Å²) in [5, 5.41) is 0. The van der Waals surface area contributed by atoms with Crippen LogP contribution >= 0.6 is 0 Å². The average molecular weight is 125 g/mol. The number of allylic oxidation sites excluding steroid dienone is 3. The van der Waals surface area contributed by atoms with Crippen molar-refractivity contribution in [2.45, 2.75) is 0 Å². The Hall–Kier alpha value is -1.05. The minimum Gasteiger partial charge on any atom is -0.349 e. The van der Waals surface area contributed by atoms with E-state index in [0.717, 1.165) is 5.70 Å². The lowest BCUT2D eigenvalue weighted by Gasteiger charge is -2.16. The van der Waals surface area contributed by atoms with Crippen molar-refractivity contribution in [2.75, 3.05) is 7.05 Å². The van der Waals surface area contributed by atoms with Crippen LogP contribution < -0.4 is 0 Å². The second-order valence-electron chi connectivity index (χ2n) is 1.95. The first-order chi connectivity index (χ1) is 4.20. The summed E-state index contributed by atoms with van der Waals surface area (Å²) in [5.74, 6) is -0.232. The molecule has 1 aliphatic heterocycles. The zero-order valence-corrected chi connectivity index (χ0v) is 5.26. The Labute approximate surface area is 53.8 Å². The van der Waals surface area contributed by atoms with Crippen LogP contribution in [0.2, 0.25) is 0 Å². The molecule has 0 unspecified atom stereocenters. The molecule has 0 fully saturated rings. The van der Waals surface area contributed by atoms with Crippen LogP contribution in [0.4, 0.5) is 4.39 Å². The van der Waals surface area contributed by atoms with Crippen molar-refractivity contribution in [3.8, 4) is 0 Å². The normalized spacial score (nSPS) is 18.2. The summed E-state index contributed by atoms with van der Waals surface area (Å²) in [6.45, 7) is 3.66. The summed E-state index contributed by atoms with van der Waals surface area (Å²) in [7, 11) is 1.76. The summed E-state index contributed by atoms with van der Waals surface area (Å²) in [6, 6.07) is 0. The molecule has 0 aromatic carbocycles. The highest BCUT2D eigenvalue weighted by Gasteiger charge is 2.01. The fourth-order valence-corrected chi connectivity index (χ4v) is 0.604. The van der Waals surface area contributed by atoms with E-state index in [2.05, 4.69) is 6.58 Å². The van der Waals surface area contributed by atoms with E-state index < -0.39 is 0 Å². The van der Waals surface area contributed by atoms with Gasteiger partial charge in [0.25, 0.3) is 0 Å². The third-order valence-corrected chi connectivity index (χ3v) is 1.20. The highest BCUT2D eigenvalue weighted by atomic mass is 19.1. The summed E-state index contributed by atoms with van der Waals surface area (Å²) < 4.78 is 12.3. The zero-order valence-electron chi connectivity index (χ0n) is 5.26. The molecule has 0 bridgehead atoms. The molecule has 9 heavy (non-hydrogen) atoms. The lowest BCUT2D eigenvalue weighted by Crippen LogP contribution is -2.09. The van der Waals surface area contributed by atoms with Crippen LogP contribution in [0.1, 0.15) is 0 Å². The lowest BCUT2D eigenvalue weighted by atomic mass is 10.3. The van der Waals surface area contributed by atoms with E-state index in [1.54, 1.807) is 18.0 Å². The minimum atomic E-state index is -0.232. The van der Waals surface area contributed by atoms with Crippen molar-refractivity contribution >= 4 is 0 Å². The molecule has 1 rings (SSSR count). The Morgan fingerprint density at radius 3 is 2.67 bits per heavy atom. The second kappa shape index (κ2) is 2.05. The average Bonchev–Trinajstić information content (AvgIpc) is 1.80. The van der Waals surface area contributed by atoms with Crippen LogP contribution in [0.5, 0.6) is 0 Å². The number of hydrogen-bond donors (Lipinski definition) is 0. The van der Waals surface area contributed by atoms with Crippen LogP contribution in [0.15, 0.2) is 36.5 Å². The Morgan fingerprint density at radius 1 is 1.56 bits per heavy atom. The van der Waals surface area contributed by atoms with Crippen LogP contribution in [-0.4, -0.2) is 11.9 Å². The van der Waals surface area contributed by atoms with E-state index in [-0.39, 0.29) is 5.83 Å². The lowest BCUT2D eigenvalue weighted by molar-refractivity contribution is 0.538. The summed E-state index contributed by atoms with van der Waals surface area (Å²) in [4.78, 5) is 1.63. The van der Waals surface area contributed by atoms with Gasteiger partial charge in [-0.05, 0) is 12.2 Å². The number of hydrogen-bond acceptors (Lipinski definition) is 1. The molecular weight excluding hydrogens is 117 g/mol. The van der Waals surface area contributed by atoms with E-state index in [4.69, 9.17) is 0 Å². The van der Waals surface area contributed by atoms with Crippen molar-refractivity contribution in [3.63, 3.8) is 0 Å². The van der Waals surface area contributed by atoms with E-state index in [1.165, 1.54) is 12.3 Å². The molecule has 0 aromatic rings. The molecule has 0 radical (unpaired) electrons. The van der Waals surface area contributed by atoms with Gasteiger partial charge in [-0.15, -0.1) is 0 Å². The molecule has 2 heteroatoms. The SMILES string of the molecule is C=C1C=CC(F)=CN1C. The molecule has 0 saturated heterocycles. The van der Waals surface area contributed by atoms with Crippen LogP contribution in [-0.2, 0) is 0 Å². The number of rotatable bonds is 0. The predicted octanol–water partition coefficient (Wildman–Crippen LogP) is 1.81. The molecule has 1 nitrogen and oxygen atoms in total. The Bertz CT molecular complexity index is 191. The van der Waals surface area contributed by atoms with E-state index in [1.807, 2.05) is 0 Å². The van der Waals surface area contributed by atoms with E-state index in [9.17, 15) is 4.39 Å². The van der Waals surface area contributed by atoms with Crippen molar-refractivity contribution in [1.29, 1.82) is 0 Å². The Kier molecular flexibility index (Phi) is 1.39. The highest BCUT2D eigenvalue weighted by molar-refractivity contribution is 5.28. The third-order valence-electron chi connectivity index (χ3n) is 1.20. The zero-order chi connectivity index (χ0) is 6.85. The monoisotopic (exact) mass is 125 g/mol. The first-order valence-corrected chi connectivity index (χ1v) is 2.67. The first-order valence-electron chi connectivity index (χ1n) is 2.67. The Morgan fingerprint density at radius 2 is 2.22 bits per heavy atom. The van der Waals surface area contributed by atoms with Gasteiger partial charge >= 0.3 is 0 Å². The Balaban J connectivity index is 2.82. The molecular formula is C7H8FN. The maximum atomic E-state index is 12.3. The van der Waals surface area contributed by atoms with Crippen molar-refractivity contribution in [1.82, 2.24) is 4.90 Å². The number of likely N-dealkylation sites (N-methyl/N-ethyl adjacent to an activating group) is 1. The molecule has 0 aliphatic carbocycles. The van der Waals surface area contributed by atoms with Crippen LogP contribution in [0.25, 0.3) is 0 Å². The molecule has 48 valence electrons. The predicted molar refractivity (Wildman–Crippen MR) is 35.2 cm³/mol. The number of nitrogens with zero attached hydrogens (tertiary/aromatic N) is 1. The topological polar surface area (TPSA) is 3.24 Å². The van der Waals surface area contributed by atoms with Crippen LogP contribution in [0.3, 0.4) is 0 Å². The quantitative estimate of drug-likeness (QED) is 0.477. The van der Waals surface area contributed by atoms with Crippen LogP contribution in [0, 0.1) is 0 Å². The van der Waals surface area contributed by atoms with Gasteiger partial charge in [0, 0.05) is 18.9 Å². The molecule has 1 heterocycles. The van der Waals surface area contributed by atoms with Gasteiger partial charge in [0.15, 0.2) is 0 Å². The van der Waals surface area contributed by atoms with Gasteiger partial charge in [-0.3, -0.25) is 0 Å². The maximum absolute atomic E-state index is 12.3. The molecule has 0 spiro atoms. The summed E-state index contributed by atoms with van der Waals surface area (Å²) in [6.07, 6.45) is 4.42. The molecule has 1 aliphatic rings. The molecule has 0 saturated carbocycles. The molecule has 0 N–H and O–H groups in total. The maximum Gasteiger partial charge on any atom is 0.139 e. The highest BCUT2D eigenvalue weighted by Crippen LogP contribution is 2.12. The molecule has 0 aromatic heterocycles. The van der Waals surface area contributed by atoms with Gasteiger partial charge < -0.3 is 4.90 Å². The van der Waals surface area contributed by atoms with Gasteiger partial charge in [0.05, 0.1) is 0 Å². The van der Waals surface area contributed by atoms with E-state index in [0.29, 0.717) is 0 Å². The third kappa shape index (κ3) is 1.19. The molecule has 0 amide bonds. The summed E-state index contributed by atoms with van der Waals surface area (Å²) >= 11 is 0. The fraction of sp³-hybridized carbons (Fsp3) is 0.143. The fourth-order valence-electron chi connectivity index (χ4n) is 0.604. The van der Waals surface area contributed by atoms with Gasteiger partial charge in [0.2, 0.25) is 0 Å². The van der Waals surface area contributed by atoms with Crippen molar-refractivity contribution in [2.24, 2.45) is 0 Å². The minimum absolute atomic E-state index is 0.232. The second-order valence-corrected chi connectivity index (χ2v) is 1.95.